The topological polar surface area (TPSA) is 148 Å². The van der Waals surface area contributed by atoms with Gasteiger partial charge < -0.3 is 16.2 Å². The number of rotatable bonds is 3. The first-order chi connectivity index (χ1) is 13.6. The Morgan fingerprint density at radius 1 is 1.28 bits per heavy atom. The fourth-order valence-electron chi connectivity index (χ4n) is 3.58. The molecule has 10 heteroatoms. The highest BCUT2D eigenvalue weighted by molar-refractivity contribution is 7.85. The van der Waals surface area contributed by atoms with Crippen LogP contribution < -0.4 is 16.2 Å². The molecule has 0 aliphatic heterocycles. The molecule has 2 amide bonds. The highest BCUT2D eigenvalue weighted by atomic mass is 32.2. The number of nitrogens with two attached hydrogens (primary N) is 2. The van der Waals surface area contributed by atoms with E-state index in [1.54, 1.807) is 13.8 Å². The van der Waals surface area contributed by atoms with Crippen molar-refractivity contribution in [3.05, 3.63) is 39.5 Å². The average molecular weight is 437 g/mol. The fraction of sp³-hybridized carbons (Fsp3) is 0.421. The first-order valence-corrected chi connectivity index (χ1v) is 11.2. The Labute approximate surface area is 175 Å². The van der Waals surface area contributed by atoms with E-state index in [1.165, 1.54) is 17.3 Å². The molecule has 0 saturated carbocycles. The molecular formula is C19H24N4O4S2. The van der Waals surface area contributed by atoms with E-state index in [-0.39, 0.29) is 5.78 Å². The van der Waals surface area contributed by atoms with Crippen LogP contribution in [0.5, 0.6) is 0 Å². The Hall–Kier alpha value is -2.14. The maximum atomic E-state index is 11.8. The van der Waals surface area contributed by atoms with E-state index in [4.69, 9.17) is 10.9 Å². The predicted molar refractivity (Wildman–Crippen MR) is 112 cm³/mol. The van der Waals surface area contributed by atoms with Crippen LogP contribution in [-0.2, 0) is 35.8 Å². The average Bonchev–Trinajstić information content (AvgIpc) is 3.34. The number of primary amides is 1. The second-order valence-corrected chi connectivity index (χ2v) is 9.85. The van der Waals surface area contributed by atoms with Gasteiger partial charge in [-0.15, -0.1) is 11.3 Å². The first-order valence-electron chi connectivity index (χ1n) is 9.20. The number of carbonyl (C=O) groups is 2. The molecule has 0 spiro atoms. The van der Waals surface area contributed by atoms with Crippen LogP contribution in [0, 0.1) is 0 Å². The van der Waals surface area contributed by atoms with Crippen LogP contribution in [0.1, 0.15) is 58.7 Å². The number of thiazole rings is 1. The third-order valence-corrected chi connectivity index (χ3v) is 7.21. The lowest BCUT2D eigenvalue weighted by atomic mass is 9.98. The van der Waals surface area contributed by atoms with Crippen LogP contribution in [0.4, 0.5) is 10.5 Å². The summed E-state index contributed by atoms with van der Waals surface area (Å²) in [5, 5.41) is 17.9. The van der Waals surface area contributed by atoms with Gasteiger partial charge in [0.25, 0.3) is 0 Å². The Morgan fingerprint density at radius 2 is 2.00 bits per heavy atom. The van der Waals surface area contributed by atoms with Gasteiger partial charge in [0.15, 0.2) is 5.78 Å². The summed E-state index contributed by atoms with van der Waals surface area (Å²) in [7, 11) is -1.50. The predicted octanol–water partition coefficient (Wildman–Crippen LogP) is 2.15. The van der Waals surface area contributed by atoms with E-state index in [0.717, 1.165) is 53.8 Å². The minimum Gasteiger partial charge on any atom is -0.383 e. The zero-order valence-corrected chi connectivity index (χ0v) is 17.9. The van der Waals surface area contributed by atoms with Crippen molar-refractivity contribution in [1.29, 1.82) is 0 Å². The van der Waals surface area contributed by atoms with Crippen LogP contribution in [0.2, 0.25) is 0 Å². The molecule has 1 atom stereocenters. The molecule has 1 aromatic heterocycles. The monoisotopic (exact) mass is 436 g/mol. The smallest absolute Gasteiger partial charge is 0.316 e. The van der Waals surface area contributed by atoms with Gasteiger partial charge in [0.2, 0.25) is 0 Å². The minimum atomic E-state index is -1.50. The molecular weight excluding hydrogens is 412 g/mol. The summed E-state index contributed by atoms with van der Waals surface area (Å²) in [5.74, 6) is 0.183. The van der Waals surface area contributed by atoms with E-state index >= 15 is 0 Å². The maximum absolute atomic E-state index is 11.8. The second kappa shape index (κ2) is 8.31. The number of benzene rings is 1. The number of aromatic nitrogens is 1. The maximum Gasteiger partial charge on any atom is 0.316 e. The molecule has 8 nitrogen and oxygen atoms in total. The van der Waals surface area contributed by atoms with Gasteiger partial charge in [-0.3, -0.25) is 4.79 Å². The van der Waals surface area contributed by atoms with Crippen LogP contribution in [0.15, 0.2) is 16.5 Å². The molecule has 0 fully saturated rings. The summed E-state index contributed by atoms with van der Waals surface area (Å²) >= 11 is 1.16. The molecule has 156 valence electrons. The fourth-order valence-corrected chi connectivity index (χ4v) is 4.95. The lowest BCUT2D eigenvalue weighted by molar-refractivity contribution is 0.0782. The van der Waals surface area contributed by atoms with E-state index in [0.29, 0.717) is 15.6 Å². The molecule has 0 bridgehead atoms. The molecule has 0 radical (unpaired) electrons. The van der Waals surface area contributed by atoms with Crippen molar-refractivity contribution < 1.29 is 18.9 Å². The molecule has 6 N–H and O–H groups in total. The number of aryl methyl sites for hydroxylation is 1. The molecule has 1 unspecified atom stereocenters. The van der Waals surface area contributed by atoms with Crippen LogP contribution in [0.3, 0.4) is 0 Å². The molecule has 2 aliphatic carbocycles. The standard InChI is InChI=1S/C13H14N2O2.C6H10N2O2S2/c14-13(17)15-12-8-3-1-2-7(8)6-10-9(12)4-5-11(10)16;1-6(2,9)5-8-3-4(11-5)12(7)10/h6H,1-5H2,(H3,14,15,17);3,9H,7H2,1-2H3. The van der Waals surface area contributed by atoms with Crippen molar-refractivity contribution in [2.45, 2.75) is 55.8 Å². The van der Waals surface area contributed by atoms with Gasteiger partial charge in [0, 0.05) is 17.7 Å². The summed E-state index contributed by atoms with van der Waals surface area (Å²) in [6.45, 7) is 3.24. The van der Waals surface area contributed by atoms with Gasteiger partial charge in [-0.25, -0.2) is 19.1 Å². The number of amides is 2. The summed E-state index contributed by atoms with van der Waals surface area (Å²) in [6.07, 6.45) is 5.73. The molecule has 2 aliphatic rings. The number of ketones is 1. The number of urea groups is 1. The van der Waals surface area contributed by atoms with Crippen LogP contribution >= 0.6 is 11.3 Å². The zero-order valence-electron chi connectivity index (χ0n) is 16.3. The van der Waals surface area contributed by atoms with E-state index in [9.17, 15) is 18.9 Å². The number of nitrogens with one attached hydrogen (secondary N) is 1. The SMILES string of the molecule is CC(C)(O)c1ncc(S(N)=O)s1.NC(=O)Nc1c2c(cc3c1CCC3=O)CCC2. The molecule has 1 heterocycles. The van der Waals surface area contributed by atoms with Gasteiger partial charge in [-0.2, -0.15) is 0 Å². The Kier molecular flexibility index (Phi) is 6.18. The van der Waals surface area contributed by atoms with Crippen molar-refractivity contribution in [1.82, 2.24) is 4.98 Å². The number of Topliss-reactive ketones (excluding diaryl/α,β-unsaturated/α-hetero) is 1. The van der Waals surface area contributed by atoms with E-state index < -0.39 is 22.6 Å². The normalized spacial score (nSPS) is 15.9. The summed E-state index contributed by atoms with van der Waals surface area (Å²) in [6, 6.07) is 1.46. The van der Waals surface area contributed by atoms with Crippen molar-refractivity contribution in [2.75, 3.05) is 5.32 Å². The van der Waals surface area contributed by atoms with Crippen molar-refractivity contribution >= 4 is 39.8 Å². The van der Waals surface area contributed by atoms with E-state index in [2.05, 4.69) is 10.3 Å². The molecule has 0 saturated heterocycles. The highest BCUT2D eigenvalue weighted by Crippen LogP contribution is 2.38. The Balaban J connectivity index is 0.000000177. The van der Waals surface area contributed by atoms with Gasteiger partial charge in [-0.1, -0.05) is 0 Å². The second-order valence-electron chi connectivity index (χ2n) is 7.52. The number of anilines is 1. The molecule has 4 rings (SSSR count). The molecule has 29 heavy (non-hydrogen) atoms. The summed E-state index contributed by atoms with van der Waals surface area (Å²) in [5.41, 5.74) is 9.18. The third kappa shape index (κ3) is 4.72. The minimum absolute atomic E-state index is 0.183. The number of hydrogen-bond acceptors (Lipinski definition) is 6. The lowest BCUT2D eigenvalue weighted by Crippen LogP contribution is -2.21. The van der Waals surface area contributed by atoms with Crippen LogP contribution in [-0.4, -0.2) is 26.1 Å². The number of hydrogen-bond donors (Lipinski definition) is 4. The number of aliphatic hydroxyl groups is 1. The highest BCUT2D eigenvalue weighted by Gasteiger charge is 2.28. The third-order valence-electron chi connectivity index (χ3n) is 4.86. The largest absolute Gasteiger partial charge is 0.383 e. The lowest BCUT2D eigenvalue weighted by Gasteiger charge is -2.14. The van der Waals surface area contributed by atoms with Crippen molar-refractivity contribution in [3.8, 4) is 0 Å². The zero-order chi connectivity index (χ0) is 21.3. The van der Waals surface area contributed by atoms with E-state index in [1.807, 2.05) is 6.07 Å². The summed E-state index contributed by atoms with van der Waals surface area (Å²) < 4.78 is 11.2. The number of carbonyl (C=O) groups excluding carboxylic acids is 2. The molecule has 1 aromatic carbocycles. The van der Waals surface area contributed by atoms with Gasteiger partial charge in [0.1, 0.15) is 25.8 Å². The Morgan fingerprint density at radius 3 is 2.55 bits per heavy atom. The first kappa shape index (κ1) is 21.6. The van der Waals surface area contributed by atoms with Gasteiger partial charge in [0.05, 0.1) is 6.20 Å². The molecule has 2 aromatic rings. The number of fused-ring (bicyclic) bond motifs is 2. The van der Waals surface area contributed by atoms with Crippen molar-refractivity contribution in [3.63, 3.8) is 0 Å². The summed E-state index contributed by atoms with van der Waals surface area (Å²) in [4.78, 5) is 26.7. The van der Waals surface area contributed by atoms with Gasteiger partial charge >= 0.3 is 6.03 Å². The number of nitrogens with zero attached hydrogens (tertiary/aromatic N) is 1. The Bertz CT molecular complexity index is 995. The van der Waals surface area contributed by atoms with Crippen LogP contribution in [0.25, 0.3) is 0 Å². The van der Waals surface area contributed by atoms with Crippen molar-refractivity contribution in [2.24, 2.45) is 10.9 Å². The van der Waals surface area contributed by atoms with Gasteiger partial charge in [-0.05, 0) is 62.3 Å². The quantitative estimate of drug-likeness (QED) is 0.582.